The minimum atomic E-state index is -0.978. The number of methoxy groups -OCH3 is 2. The highest BCUT2D eigenvalue weighted by molar-refractivity contribution is 5.90. The summed E-state index contributed by atoms with van der Waals surface area (Å²) in [6, 6.07) is 16.7. The van der Waals surface area contributed by atoms with Crippen molar-refractivity contribution in [1.29, 1.82) is 0 Å². The average Bonchev–Trinajstić information content (AvgIpc) is 2.65. The lowest BCUT2D eigenvalue weighted by molar-refractivity contribution is 0.0697. The van der Waals surface area contributed by atoms with E-state index in [4.69, 9.17) is 9.47 Å². The van der Waals surface area contributed by atoms with E-state index in [0.717, 1.165) is 22.1 Å². The Morgan fingerprint density at radius 1 is 1.00 bits per heavy atom. The molecule has 0 spiro atoms. The van der Waals surface area contributed by atoms with E-state index in [9.17, 15) is 9.90 Å². The number of benzene rings is 3. The van der Waals surface area contributed by atoms with E-state index in [-0.39, 0.29) is 5.56 Å². The first kappa shape index (κ1) is 16.6. The summed E-state index contributed by atoms with van der Waals surface area (Å²) in [5.74, 6) is 0.386. The molecule has 0 bridgehead atoms. The molecule has 25 heavy (non-hydrogen) atoms. The fraction of sp³-hybridized carbons (Fsp3) is 0.150. The van der Waals surface area contributed by atoms with Crippen LogP contribution in [0.2, 0.25) is 0 Å². The lowest BCUT2D eigenvalue weighted by Gasteiger charge is -2.16. The smallest absolute Gasteiger partial charge is 0.335 e. The van der Waals surface area contributed by atoms with E-state index < -0.39 is 5.97 Å². The number of fused-ring (bicyclic) bond motifs is 1. The molecule has 0 heterocycles. The number of carbonyl (C=O) groups is 1. The summed E-state index contributed by atoms with van der Waals surface area (Å²) in [6.07, 6.45) is 0. The molecule has 5 heteroatoms. The van der Waals surface area contributed by atoms with Crippen LogP contribution in [0.4, 0.5) is 5.69 Å². The second-order valence-electron chi connectivity index (χ2n) is 5.54. The molecule has 2 N–H and O–H groups in total. The van der Waals surface area contributed by atoms with Crippen LogP contribution in [0.1, 0.15) is 15.9 Å². The summed E-state index contributed by atoms with van der Waals surface area (Å²) in [5.41, 5.74) is 1.83. The monoisotopic (exact) mass is 337 g/mol. The van der Waals surface area contributed by atoms with Gasteiger partial charge in [-0.1, -0.05) is 30.3 Å². The minimum Gasteiger partial charge on any atom is -0.496 e. The van der Waals surface area contributed by atoms with Crippen LogP contribution >= 0.6 is 0 Å². The summed E-state index contributed by atoms with van der Waals surface area (Å²) in [6.45, 7) is 0.476. The van der Waals surface area contributed by atoms with E-state index in [1.165, 1.54) is 6.07 Å². The van der Waals surface area contributed by atoms with Crippen molar-refractivity contribution in [2.45, 2.75) is 6.54 Å². The first-order chi connectivity index (χ1) is 12.1. The van der Waals surface area contributed by atoms with Crippen molar-refractivity contribution in [1.82, 2.24) is 0 Å². The highest BCUT2D eigenvalue weighted by Gasteiger charge is 2.12. The fourth-order valence-corrected chi connectivity index (χ4v) is 2.85. The number of rotatable bonds is 6. The Morgan fingerprint density at radius 2 is 1.72 bits per heavy atom. The van der Waals surface area contributed by atoms with E-state index in [1.54, 1.807) is 26.4 Å². The van der Waals surface area contributed by atoms with E-state index in [1.807, 2.05) is 36.4 Å². The third kappa shape index (κ3) is 3.35. The molecule has 0 saturated heterocycles. The molecule has 5 nitrogen and oxygen atoms in total. The molecule has 0 unspecified atom stereocenters. The maximum atomic E-state index is 11.2. The number of nitrogens with one attached hydrogen (secondary N) is 1. The molecule has 0 amide bonds. The first-order valence-electron chi connectivity index (χ1n) is 7.84. The lowest BCUT2D eigenvalue weighted by atomic mass is 10.0. The number of aromatic carboxylic acids is 1. The van der Waals surface area contributed by atoms with Gasteiger partial charge in [0, 0.05) is 12.1 Å². The van der Waals surface area contributed by atoms with Gasteiger partial charge in [-0.2, -0.15) is 0 Å². The third-order valence-corrected chi connectivity index (χ3v) is 4.12. The molecule has 3 aromatic carbocycles. The van der Waals surface area contributed by atoms with Crippen molar-refractivity contribution in [3.05, 3.63) is 65.7 Å². The molecule has 0 aromatic heterocycles. The van der Waals surface area contributed by atoms with Gasteiger partial charge in [0.1, 0.15) is 11.5 Å². The Balaban J connectivity index is 1.98. The van der Waals surface area contributed by atoms with E-state index in [2.05, 4.69) is 5.32 Å². The van der Waals surface area contributed by atoms with E-state index >= 15 is 0 Å². The summed E-state index contributed by atoms with van der Waals surface area (Å²) in [4.78, 5) is 11.2. The van der Waals surface area contributed by atoms with Crippen molar-refractivity contribution >= 4 is 22.4 Å². The van der Waals surface area contributed by atoms with Crippen LogP contribution < -0.4 is 14.8 Å². The normalized spacial score (nSPS) is 10.5. The van der Waals surface area contributed by atoms with Crippen molar-refractivity contribution in [2.24, 2.45) is 0 Å². The first-order valence-corrected chi connectivity index (χ1v) is 7.84. The van der Waals surface area contributed by atoms with Gasteiger partial charge in [-0.05, 0) is 35.0 Å². The fourth-order valence-electron chi connectivity index (χ4n) is 2.85. The van der Waals surface area contributed by atoms with Gasteiger partial charge < -0.3 is 19.9 Å². The van der Waals surface area contributed by atoms with Gasteiger partial charge in [-0.3, -0.25) is 0 Å². The van der Waals surface area contributed by atoms with Gasteiger partial charge in [0.25, 0.3) is 0 Å². The number of ether oxygens (including phenoxy) is 2. The molecule has 0 aliphatic carbocycles. The van der Waals surface area contributed by atoms with Crippen LogP contribution in [0, 0.1) is 0 Å². The number of anilines is 1. The highest BCUT2D eigenvalue weighted by atomic mass is 16.5. The highest BCUT2D eigenvalue weighted by Crippen LogP contribution is 2.31. The summed E-state index contributed by atoms with van der Waals surface area (Å²) in [5, 5.41) is 14.7. The molecule has 0 aliphatic rings. The Bertz CT molecular complexity index is 921. The number of carboxylic acid groups (broad SMARTS) is 1. The largest absolute Gasteiger partial charge is 0.496 e. The standard InChI is InChI=1S/C20H19NO4/c1-24-18-9-7-13-5-3-4-6-15(13)16(18)12-21-17-11-14(20(22)23)8-10-19(17)25-2/h3-11,21H,12H2,1-2H3,(H,22,23). The average molecular weight is 337 g/mol. The van der Waals surface area contributed by atoms with Crippen LogP contribution in [0.5, 0.6) is 11.5 Å². The zero-order chi connectivity index (χ0) is 17.8. The zero-order valence-corrected chi connectivity index (χ0v) is 14.1. The molecule has 3 rings (SSSR count). The van der Waals surface area contributed by atoms with Crippen LogP contribution in [-0.4, -0.2) is 25.3 Å². The predicted octanol–water partition coefficient (Wildman–Crippen LogP) is 4.17. The summed E-state index contributed by atoms with van der Waals surface area (Å²) >= 11 is 0. The quantitative estimate of drug-likeness (QED) is 0.707. The third-order valence-electron chi connectivity index (χ3n) is 4.12. The van der Waals surface area contributed by atoms with Crippen LogP contribution in [0.25, 0.3) is 10.8 Å². The minimum absolute atomic E-state index is 0.202. The second-order valence-corrected chi connectivity index (χ2v) is 5.54. The van der Waals surface area contributed by atoms with Gasteiger partial charge >= 0.3 is 5.97 Å². The van der Waals surface area contributed by atoms with Gasteiger partial charge in [0.2, 0.25) is 0 Å². The molecular weight excluding hydrogens is 318 g/mol. The molecule has 3 aromatic rings. The van der Waals surface area contributed by atoms with Crippen molar-refractivity contribution in [3.63, 3.8) is 0 Å². The Hall–Kier alpha value is -3.21. The maximum Gasteiger partial charge on any atom is 0.335 e. The predicted molar refractivity (Wildman–Crippen MR) is 97.8 cm³/mol. The van der Waals surface area contributed by atoms with E-state index in [0.29, 0.717) is 18.0 Å². The van der Waals surface area contributed by atoms with Gasteiger partial charge in [-0.25, -0.2) is 4.79 Å². The van der Waals surface area contributed by atoms with Crippen molar-refractivity contribution in [3.8, 4) is 11.5 Å². The topological polar surface area (TPSA) is 67.8 Å². The Morgan fingerprint density at radius 3 is 2.44 bits per heavy atom. The van der Waals surface area contributed by atoms with Crippen LogP contribution in [0.3, 0.4) is 0 Å². The Labute approximate surface area is 145 Å². The van der Waals surface area contributed by atoms with Gasteiger partial charge in [-0.15, -0.1) is 0 Å². The summed E-state index contributed by atoms with van der Waals surface area (Å²) < 4.78 is 10.8. The molecule has 0 atom stereocenters. The molecule has 0 radical (unpaired) electrons. The van der Waals surface area contributed by atoms with Crippen molar-refractivity contribution < 1.29 is 19.4 Å². The Kier molecular flexibility index (Phi) is 4.75. The van der Waals surface area contributed by atoms with Crippen LogP contribution in [0.15, 0.2) is 54.6 Å². The zero-order valence-electron chi connectivity index (χ0n) is 14.1. The van der Waals surface area contributed by atoms with Crippen molar-refractivity contribution in [2.75, 3.05) is 19.5 Å². The number of hydrogen-bond acceptors (Lipinski definition) is 4. The molecular formula is C20H19NO4. The number of hydrogen-bond donors (Lipinski definition) is 2. The molecule has 0 fully saturated rings. The molecule has 0 aliphatic heterocycles. The van der Waals surface area contributed by atoms with Crippen LogP contribution in [-0.2, 0) is 6.54 Å². The number of carboxylic acids is 1. The second kappa shape index (κ2) is 7.13. The van der Waals surface area contributed by atoms with Gasteiger partial charge in [0.05, 0.1) is 25.5 Å². The molecule has 0 saturated carbocycles. The maximum absolute atomic E-state index is 11.2. The lowest BCUT2D eigenvalue weighted by Crippen LogP contribution is -2.06. The van der Waals surface area contributed by atoms with Gasteiger partial charge in [0.15, 0.2) is 0 Å². The summed E-state index contributed by atoms with van der Waals surface area (Å²) in [7, 11) is 3.19. The molecule has 128 valence electrons. The SMILES string of the molecule is COc1ccc(C(=O)O)cc1NCc1c(OC)ccc2ccccc12.